The molecule has 0 saturated carbocycles. The SMILES string of the molecule is Cc1cccc(C(=O)N2CCN(C(=O)c3ccccc3)CC2)c1C. The first kappa shape index (κ1) is 16.2. The van der Waals surface area contributed by atoms with Gasteiger partial charge < -0.3 is 9.80 Å². The number of hydrogen-bond donors (Lipinski definition) is 0. The lowest BCUT2D eigenvalue weighted by Gasteiger charge is -2.35. The van der Waals surface area contributed by atoms with Gasteiger partial charge in [-0.1, -0.05) is 30.3 Å². The summed E-state index contributed by atoms with van der Waals surface area (Å²) in [5.41, 5.74) is 3.62. The van der Waals surface area contributed by atoms with Crippen molar-refractivity contribution in [1.82, 2.24) is 9.80 Å². The number of rotatable bonds is 2. The second-order valence-corrected chi connectivity index (χ2v) is 6.20. The molecule has 2 aromatic rings. The third kappa shape index (κ3) is 3.18. The van der Waals surface area contributed by atoms with Crippen molar-refractivity contribution < 1.29 is 9.59 Å². The number of benzene rings is 2. The molecular formula is C20H22N2O2. The molecule has 0 aliphatic carbocycles. The molecule has 1 aliphatic heterocycles. The van der Waals surface area contributed by atoms with Crippen LogP contribution in [0.4, 0.5) is 0 Å². The van der Waals surface area contributed by atoms with Crippen LogP contribution in [0.1, 0.15) is 31.8 Å². The standard InChI is InChI=1S/C20H22N2O2/c1-15-7-6-10-18(16(15)2)20(24)22-13-11-21(12-14-22)19(23)17-8-4-3-5-9-17/h3-10H,11-14H2,1-2H3. The largest absolute Gasteiger partial charge is 0.335 e. The van der Waals surface area contributed by atoms with E-state index < -0.39 is 0 Å². The first-order chi connectivity index (χ1) is 11.6. The second kappa shape index (κ2) is 6.87. The summed E-state index contributed by atoms with van der Waals surface area (Å²) >= 11 is 0. The van der Waals surface area contributed by atoms with Crippen molar-refractivity contribution in [2.45, 2.75) is 13.8 Å². The van der Waals surface area contributed by atoms with Crippen molar-refractivity contribution in [3.05, 3.63) is 70.8 Å². The van der Waals surface area contributed by atoms with Gasteiger partial charge in [0.1, 0.15) is 0 Å². The van der Waals surface area contributed by atoms with E-state index in [0.29, 0.717) is 31.7 Å². The van der Waals surface area contributed by atoms with Crippen LogP contribution >= 0.6 is 0 Å². The number of aryl methyl sites for hydroxylation is 1. The summed E-state index contributed by atoms with van der Waals surface area (Å²) < 4.78 is 0. The smallest absolute Gasteiger partial charge is 0.254 e. The predicted octanol–water partition coefficient (Wildman–Crippen LogP) is 2.90. The zero-order valence-electron chi connectivity index (χ0n) is 14.2. The quantitative estimate of drug-likeness (QED) is 0.853. The van der Waals surface area contributed by atoms with Crippen LogP contribution in [0.5, 0.6) is 0 Å². The highest BCUT2D eigenvalue weighted by molar-refractivity contribution is 5.97. The lowest BCUT2D eigenvalue weighted by molar-refractivity contribution is 0.0535. The summed E-state index contributed by atoms with van der Waals surface area (Å²) in [6.07, 6.45) is 0. The van der Waals surface area contributed by atoms with E-state index in [9.17, 15) is 9.59 Å². The number of carbonyl (C=O) groups is 2. The summed E-state index contributed by atoms with van der Waals surface area (Å²) in [4.78, 5) is 28.9. The van der Waals surface area contributed by atoms with Gasteiger partial charge in [0.15, 0.2) is 0 Å². The van der Waals surface area contributed by atoms with E-state index in [1.807, 2.05) is 72.2 Å². The fraction of sp³-hybridized carbons (Fsp3) is 0.300. The molecule has 0 radical (unpaired) electrons. The van der Waals surface area contributed by atoms with Gasteiger partial charge in [-0.15, -0.1) is 0 Å². The van der Waals surface area contributed by atoms with E-state index in [2.05, 4.69) is 0 Å². The van der Waals surface area contributed by atoms with Crippen molar-refractivity contribution in [3.8, 4) is 0 Å². The topological polar surface area (TPSA) is 40.6 Å². The minimum Gasteiger partial charge on any atom is -0.335 e. The highest BCUT2D eigenvalue weighted by Gasteiger charge is 2.26. The lowest BCUT2D eigenvalue weighted by Crippen LogP contribution is -2.50. The Morgan fingerprint density at radius 1 is 0.750 bits per heavy atom. The maximum Gasteiger partial charge on any atom is 0.254 e. The van der Waals surface area contributed by atoms with Crippen LogP contribution in [-0.4, -0.2) is 47.8 Å². The minimum absolute atomic E-state index is 0.0365. The second-order valence-electron chi connectivity index (χ2n) is 6.20. The van der Waals surface area contributed by atoms with Crippen LogP contribution in [0, 0.1) is 13.8 Å². The van der Waals surface area contributed by atoms with Crippen LogP contribution in [-0.2, 0) is 0 Å². The third-order valence-electron chi connectivity index (χ3n) is 4.71. The Morgan fingerprint density at radius 2 is 1.33 bits per heavy atom. The average molecular weight is 322 g/mol. The van der Waals surface area contributed by atoms with Crippen LogP contribution in [0.25, 0.3) is 0 Å². The molecule has 0 N–H and O–H groups in total. The maximum absolute atomic E-state index is 12.7. The number of hydrogen-bond acceptors (Lipinski definition) is 2. The van der Waals surface area contributed by atoms with E-state index in [1.54, 1.807) is 0 Å². The van der Waals surface area contributed by atoms with Crippen LogP contribution in [0.3, 0.4) is 0 Å². The Bertz CT molecular complexity index is 747. The molecule has 0 atom stereocenters. The first-order valence-electron chi connectivity index (χ1n) is 8.28. The number of piperazine rings is 1. The van der Waals surface area contributed by atoms with Crippen molar-refractivity contribution in [2.24, 2.45) is 0 Å². The Hall–Kier alpha value is -2.62. The first-order valence-corrected chi connectivity index (χ1v) is 8.28. The third-order valence-corrected chi connectivity index (χ3v) is 4.71. The fourth-order valence-corrected chi connectivity index (χ4v) is 3.03. The molecule has 3 rings (SSSR count). The number of carbonyl (C=O) groups excluding carboxylic acids is 2. The lowest BCUT2D eigenvalue weighted by atomic mass is 10.0. The van der Waals surface area contributed by atoms with Gasteiger partial charge in [-0.25, -0.2) is 0 Å². The van der Waals surface area contributed by atoms with Gasteiger partial charge in [0.05, 0.1) is 0 Å². The molecule has 0 aromatic heterocycles. The molecule has 1 heterocycles. The highest BCUT2D eigenvalue weighted by atomic mass is 16.2. The maximum atomic E-state index is 12.7. The highest BCUT2D eigenvalue weighted by Crippen LogP contribution is 2.17. The molecule has 24 heavy (non-hydrogen) atoms. The number of amides is 2. The van der Waals surface area contributed by atoms with Crippen LogP contribution in [0.2, 0.25) is 0 Å². The Kier molecular flexibility index (Phi) is 4.65. The summed E-state index contributed by atoms with van der Waals surface area (Å²) in [5.74, 6) is 0.0949. The molecule has 0 spiro atoms. The van der Waals surface area contributed by atoms with E-state index in [1.165, 1.54) is 0 Å². The summed E-state index contributed by atoms with van der Waals surface area (Å²) in [6, 6.07) is 15.1. The Labute approximate surface area is 142 Å². The molecular weight excluding hydrogens is 300 g/mol. The van der Waals surface area contributed by atoms with Gasteiger partial charge in [0, 0.05) is 37.3 Å². The van der Waals surface area contributed by atoms with Crippen molar-refractivity contribution in [3.63, 3.8) is 0 Å². The Balaban J connectivity index is 1.66. The van der Waals surface area contributed by atoms with Crippen LogP contribution < -0.4 is 0 Å². The molecule has 124 valence electrons. The van der Waals surface area contributed by atoms with E-state index in [4.69, 9.17) is 0 Å². The van der Waals surface area contributed by atoms with E-state index in [0.717, 1.165) is 16.7 Å². The molecule has 0 unspecified atom stereocenters. The number of nitrogens with zero attached hydrogens (tertiary/aromatic N) is 2. The van der Waals surface area contributed by atoms with Gasteiger partial charge in [0.2, 0.25) is 0 Å². The molecule has 1 saturated heterocycles. The van der Waals surface area contributed by atoms with Gasteiger partial charge >= 0.3 is 0 Å². The van der Waals surface area contributed by atoms with Crippen molar-refractivity contribution in [1.29, 1.82) is 0 Å². The molecule has 2 aromatic carbocycles. The van der Waals surface area contributed by atoms with Gasteiger partial charge in [0.25, 0.3) is 11.8 Å². The average Bonchev–Trinajstić information content (AvgIpc) is 2.64. The molecule has 4 heteroatoms. The zero-order valence-corrected chi connectivity index (χ0v) is 14.2. The Morgan fingerprint density at radius 3 is 1.96 bits per heavy atom. The molecule has 1 fully saturated rings. The molecule has 2 amide bonds. The molecule has 0 bridgehead atoms. The minimum atomic E-state index is 0.0365. The predicted molar refractivity (Wildman–Crippen MR) is 94.2 cm³/mol. The van der Waals surface area contributed by atoms with E-state index >= 15 is 0 Å². The monoisotopic (exact) mass is 322 g/mol. The normalized spacial score (nSPS) is 14.6. The van der Waals surface area contributed by atoms with Crippen molar-refractivity contribution in [2.75, 3.05) is 26.2 Å². The molecule has 4 nitrogen and oxygen atoms in total. The molecule has 1 aliphatic rings. The fourth-order valence-electron chi connectivity index (χ4n) is 3.03. The summed E-state index contributed by atoms with van der Waals surface area (Å²) in [5, 5.41) is 0. The zero-order chi connectivity index (χ0) is 17.1. The van der Waals surface area contributed by atoms with Gasteiger partial charge in [-0.3, -0.25) is 9.59 Å². The summed E-state index contributed by atoms with van der Waals surface area (Å²) in [6.45, 7) is 6.30. The van der Waals surface area contributed by atoms with Crippen LogP contribution in [0.15, 0.2) is 48.5 Å². The van der Waals surface area contributed by atoms with E-state index in [-0.39, 0.29) is 11.8 Å². The summed E-state index contributed by atoms with van der Waals surface area (Å²) in [7, 11) is 0. The van der Waals surface area contributed by atoms with Gasteiger partial charge in [-0.2, -0.15) is 0 Å². The van der Waals surface area contributed by atoms with Gasteiger partial charge in [-0.05, 0) is 43.2 Å². The van der Waals surface area contributed by atoms with Crippen molar-refractivity contribution >= 4 is 11.8 Å².